The second kappa shape index (κ2) is 7.00. The van der Waals surface area contributed by atoms with E-state index >= 15 is 0 Å². The van der Waals surface area contributed by atoms with Gasteiger partial charge < -0.3 is 9.47 Å². The highest BCUT2D eigenvalue weighted by atomic mass is 19.1. The summed E-state index contributed by atoms with van der Waals surface area (Å²) in [5.41, 5.74) is 0.567. The van der Waals surface area contributed by atoms with E-state index in [2.05, 4.69) is 0 Å². The first-order valence-electron chi connectivity index (χ1n) is 6.32. The van der Waals surface area contributed by atoms with Crippen molar-refractivity contribution in [2.45, 2.75) is 13.8 Å². The summed E-state index contributed by atoms with van der Waals surface area (Å²) >= 11 is 0. The molecule has 1 aromatic rings. The van der Waals surface area contributed by atoms with Crippen molar-refractivity contribution in [3.05, 3.63) is 30.1 Å². The number of benzene rings is 1. The molecule has 0 saturated heterocycles. The molecule has 0 bridgehead atoms. The SMILES string of the molecule is CCOC(=O)[N+](C)(CCOC(C)=O)c1ccc(F)cc1. The zero-order valence-corrected chi connectivity index (χ0v) is 11.9. The maximum Gasteiger partial charge on any atom is 0.521 e. The summed E-state index contributed by atoms with van der Waals surface area (Å²) in [6, 6.07) is 5.58. The molecule has 0 aliphatic rings. The van der Waals surface area contributed by atoms with Crippen molar-refractivity contribution < 1.29 is 23.5 Å². The number of carbonyl (C=O) groups excluding carboxylic acids is 2. The van der Waals surface area contributed by atoms with Crippen LogP contribution in [0.15, 0.2) is 24.3 Å². The molecule has 1 unspecified atom stereocenters. The monoisotopic (exact) mass is 284 g/mol. The predicted octanol–water partition coefficient (Wildman–Crippen LogP) is 2.48. The normalized spacial score (nSPS) is 13.4. The van der Waals surface area contributed by atoms with E-state index in [1.54, 1.807) is 14.0 Å². The Bertz CT molecular complexity index is 475. The number of amides is 1. The molecule has 6 heteroatoms. The van der Waals surface area contributed by atoms with Crippen LogP contribution in [0.3, 0.4) is 0 Å². The van der Waals surface area contributed by atoms with Crippen LogP contribution in [0.2, 0.25) is 0 Å². The van der Waals surface area contributed by atoms with Gasteiger partial charge in [-0.1, -0.05) is 0 Å². The van der Waals surface area contributed by atoms with E-state index in [4.69, 9.17) is 9.47 Å². The van der Waals surface area contributed by atoms with Crippen molar-refractivity contribution >= 4 is 17.7 Å². The van der Waals surface area contributed by atoms with Gasteiger partial charge in [0.05, 0.1) is 13.7 Å². The van der Waals surface area contributed by atoms with Gasteiger partial charge in [-0.3, -0.25) is 4.79 Å². The molecular weight excluding hydrogens is 265 g/mol. The second-order valence-electron chi connectivity index (χ2n) is 4.43. The van der Waals surface area contributed by atoms with Crippen LogP contribution >= 0.6 is 0 Å². The highest BCUT2D eigenvalue weighted by Gasteiger charge is 2.36. The summed E-state index contributed by atoms with van der Waals surface area (Å²) < 4.78 is 22.7. The Hall–Kier alpha value is -1.95. The second-order valence-corrected chi connectivity index (χ2v) is 4.43. The summed E-state index contributed by atoms with van der Waals surface area (Å²) in [4.78, 5) is 23.0. The number of nitrogens with zero attached hydrogens (tertiary/aromatic N) is 1. The van der Waals surface area contributed by atoms with Crippen LogP contribution in [0.1, 0.15) is 13.8 Å². The number of quaternary nitrogens is 1. The zero-order valence-electron chi connectivity index (χ0n) is 11.9. The fraction of sp³-hybridized carbons (Fsp3) is 0.429. The molecule has 0 heterocycles. The highest BCUT2D eigenvalue weighted by molar-refractivity contribution is 5.82. The zero-order chi connectivity index (χ0) is 15.2. The quantitative estimate of drug-likeness (QED) is 0.615. The molecule has 0 fully saturated rings. The third-order valence-corrected chi connectivity index (χ3v) is 2.91. The molecule has 0 radical (unpaired) electrons. The Kier molecular flexibility index (Phi) is 5.64. The molecule has 0 saturated carbocycles. The molecule has 0 N–H and O–H groups in total. The minimum atomic E-state index is -0.480. The molecule has 5 nitrogen and oxygen atoms in total. The largest absolute Gasteiger partial charge is 0.521 e. The van der Waals surface area contributed by atoms with Gasteiger partial charge in [0.15, 0.2) is 0 Å². The molecule has 1 atom stereocenters. The summed E-state index contributed by atoms with van der Waals surface area (Å²) in [6.45, 7) is 3.53. The van der Waals surface area contributed by atoms with Crippen molar-refractivity contribution in [3.63, 3.8) is 0 Å². The van der Waals surface area contributed by atoms with Crippen LogP contribution in [0.25, 0.3) is 0 Å². The third-order valence-electron chi connectivity index (χ3n) is 2.91. The first-order valence-corrected chi connectivity index (χ1v) is 6.32. The van der Waals surface area contributed by atoms with Crippen LogP contribution in [0, 0.1) is 5.82 Å². The van der Waals surface area contributed by atoms with E-state index in [0.29, 0.717) is 5.69 Å². The molecule has 110 valence electrons. The van der Waals surface area contributed by atoms with Gasteiger partial charge in [-0.15, -0.1) is 0 Å². The first-order chi connectivity index (χ1) is 9.40. The molecule has 0 aliphatic carbocycles. The lowest BCUT2D eigenvalue weighted by atomic mass is 10.2. The van der Waals surface area contributed by atoms with Gasteiger partial charge >= 0.3 is 12.1 Å². The van der Waals surface area contributed by atoms with Gasteiger partial charge in [-0.25, -0.2) is 4.39 Å². The van der Waals surface area contributed by atoms with E-state index in [9.17, 15) is 14.0 Å². The highest BCUT2D eigenvalue weighted by Crippen LogP contribution is 2.22. The molecular formula is C14H19FNO4+. The number of esters is 1. The number of halogens is 1. The Labute approximate surface area is 117 Å². The molecule has 20 heavy (non-hydrogen) atoms. The van der Waals surface area contributed by atoms with Crippen molar-refractivity contribution in [1.29, 1.82) is 0 Å². The van der Waals surface area contributed by atoms with Crippen molar-refractivity contribution in [2.75, 3.05) is 26.8 Å². The van der Waals surface area contributed by atoms with Gasteiger partial charge in [0.25, 0.3) is 0 Å². The fourth-order valence-corrected chi connectivity index (χ4v) is 1.73. The number of carbonyl (C=O) groups is 2. The van der Waals surface area contributed by atoms with Crippen LogP contribution in [0.5, 0.6) is 0 Å². The topological polar surface area (TPSA) is 52.6 Å². The molecule has 0 aliphatic heterocycles. The van der Waals surface area contributed by atoms with Gasteiger partial charge in [0.1, 0.15) is 24.7 Å². The van der Waals surface area contributed by atoms with E-state index in [0.717, 1.165) is 0 Å². The van der Waals surface area contributed by atoms with Gasteiger partial charge in [-0.05, 0) is 19.1 Å². The average molecular weight is 284 g/mol. The molecule has 0 aromatic heterocycles. The summed E-state index contributed by atoms with van der Waals surface area (Å²) in [7, 11) is 1.63. The summed E-state index contributed by atoms with van der Waals surface area (Å²) in [5, 5.41) is 0. The van der Waals surface area contributed by atoms with Crippen LogP contribution < -0.4 is 4.48 Å². The third kappa shape index (κ3) is 4.03. The van der Waals surface area contributed by atoms with Gasteiger partial charge in [-0.2, -0.15) is 9.28 Å². The minimum Gasteiger partial charge on any atom is -0.460 e. The van der Waals surface area contributed by atoms with Crippen LogP contribution in [-0.4, -0.2) is 38.9 Å². The van der Waals surface area contributed by atoms with E-state index in [1.807, 2.05) is 0 Å². The number of hydrogen-bond donors (Lipinski definition) is 0. The summed E-state index contributed by atoms with van der Waals surface area (Å²) in [6.07, 6.45) is -0.480. The number of rotatable bonds is 5. The van der Waals surface area contributed by atoms with E-state index in [1.165, 1.54) is 31.2 Å². The van der Waals surface area contributed by atoms with E-state index in [-0.39, 0.29) is 30.1 Å². The maximum atomic E-state index is 13.0. The van der Waals surface area contributed by atoms with Crippen LogP contribution in [0.4, 0.5) is 14.9 Å². The smallest absolute Gasteiger partial charge is 0.460 e. The van der Waals surface area contributed by atoms with Crippen molar-refractivity contribution in [3.8, 4) is 0 Å². The van der Waals surface area contributed by atoms with Crippen molar-refractivity contribution in [2.24, 2.45) is 0 Å². The fourth-order valence-electron chi connectivity index (χ4n) is 1.73. The van der Waals surface area contributed by atoms with Gasteiger partial charge in [0, 0.05) is 19.1 Å². The lowest BCUT2D eigenvalue weighted by Crippen LogP contribution is -2.53. The molecule has 0 spiro atoms. The number of ether oxygens (including phenoxy) is 2. The Morgan fingerprint density at radius 1 is 1.20 bits per heavy atom. The lowest BCUT2D eigenvalue weighted by Gasteiger charge is -2.29. The Balaban J connectivity index is 2.96. The number of likely N-dealkylation sites (N-methyl/N-ethyl adjacent to an activating group) is 1. The lowest BCUT2D eigenvalue weighted by molar-refractivity contribution is -0.141. The Morgan fingerprint density at radius 2 is 1.80 bits per heavy atom. The Morgan fingerprint density at radius 3 is 2.30 bits per heavy atom. The molecule has 1 amide bonds. The van der Waals surface area contributed by atoms with Crippen molar-refractivity contribution in [1.82, 2.24) is 4.48 Å². The average Bonchev–Trinajstić information content (AvgIpc) is 2.39. The summed E-state index contributed by atoms with van der Waals surface area (Å²) in [5.74, 6) is -0.802. The number of hydrogen-bond acceptors (Lipinski definition) is 4. The molecule has 1 aromatic carbocycles. The maximum absolute atomic E-state index is 13.0. The standard InChI is InChI=1S/C14H19FNO4/c1-4-19-14(18)16(3,9-10-20-11(2)17)13-7-5-12(15)6-8-13/h5-8H,4,9-10H2,1-3H3/q+1. The van der Waals surface area contributed by atoms with Gasteiger partial charge in [0.2, 0.25) is 0 Å². The van der Waals surface area contributed by atoms with E-state index < -0.39 is 12.1 Å². The first kappa shape index (κ1) is 16.1. The minimum absolute atomic E-state index is 0.0715. The van der Waals surface area contributed by atoms with Crippen LogP contribution in [-0.2, 0) is 14.3 Å². The molecule has 1 rings (SSSR count). The predicted molar refractivity (Wildman–Crippen MR) is 72.6 cm³/mol.